The van der Waals surface area contributed by atoms with Crippen LogP contribution in [0.2, 0.25) is 5.02 Å². The second-order valence-electron chi connectivity index (χ2n) is 3.53. The lowest BCUT2D eigenvalue weighted by molar-refractivity contribution is -0.138. The first-order valence-electron chi connectivity index (χ1n) is 5.35. The quantitative estimate of drug-likeness (QED) is 0.862. The highest BCUT2D eigenvalue weighted by atomic mass is 35.5. The molecule has 0 aromatic heterocycles. The minimum Gasteiger partial charge on any atom is -0.480 e. The predicted octanol–water partition coefficient (Wildman–Crippen LogP) is 3.03. The Morgan fingerprint density at radius 1 is 1.50 bits per heavy atom. The molecule has 4 heteroatoms. The molecule has 0 fully saturated rings. The summed E-state index contributed by atoms with van der Waals surface area (Å²) >= 11 is 5.90. The Morgan fingerprint density at radius 3 is 2.62 bits per heavy atom. The SMILES string of the molecule is CCC(C(=O)O)N(CC)c1cccc(Cl)c1. The van der Waals surface area contributed by atoms with Gasteiger partial charge >= 0.3 is 5.97 Å². The Hall–Kier alpha value is -1.22. The van der Waals surface area contributed by atoms with Crippen LogP contribution in [0.5, 0.6) is 0 Å². The number of hydrogen-bond acceptors (Lipinski definition) is 2. The Morgan fingerprint density at radius 2 is 2.19 bits per heavy atom. The van der Waals surface area contributed by atoms with Crippen LogP contribution >= 0.6 is 11.6 Å². The van der Waals surface area contributed by atoms with Crippen molar-refractivity contribution in [3.8, 4) is 0 Å². The van der Waals surface area contributed by atoms with E-state index in [1.165, 1.54) is 0 Å². The molecule has 0 spiro atoms. The van der Waals surface area contributed by atoms with E-state index in [0.29, 0.717) is 18.0 Å². The number of hydrogen-bond donors (Lipinski definition) is 1. The molecule has 16 heavy (non-hydrogen) atoms. The smallest absolute Gasteiger partial charge is 0.326 e. The molecule has 0 aliphatic heterocycles. The molecule has 0 heterocycles. The fraction of sp³-hybridized carbons (Fsp3) is 0.417. The lowest BCUT2D eigenvalue weighted by Gasteiger charge is -2.29. The van der Waals surface area contributed by atoms with Gasteiger partial charge in [-0.25, -0.2) is 4.79 Å². The van der Waals surface area contributed by atoms with Crippen LogP contribution in [0.3, 0.4) is 0 Å². The normalized spacial score (nSPS) is 12.2. The van der Waals surface area contributed by atoms with Crippen molar-refractivity contribution in [2.24, 2.45) is 0 Å². The zero-order valence-corrected chi connectivity index (χ0v) is 10.2. The zero-order valence-electron chi connectivity index (χ0n) is 9.48. The summed E-state index contributed by atoms with van der Waals surface area (Å²) in [5, 5.41) is 9.75. The number of likely N-dealkylation sites (N-methyl/N-ethyl adjacent to an activating group) is 1. The van der Waals surface area contributed by atoms with Gasteiger partial charge in [-0.3, -0.25) is 0 Å². The van der Waals surface area contributed by atoms with Crippen LogP contribution in [0, 0.1) is 0 Å². The maximum atomic E-state index is 11.1. The molecular formula is C12H16ClNO2. The minimum atomic E-state index is -0.802. The van der Waals surface area contributed by atoms with Crippen LogP contribution in [0.4, 0.5) is 5.69 Å². The van der Waals surface area contributed by atoms with Crippen LogP contribution in [-0.4, -0.2) is 23.7 Å². The van der Waals surface area contributed by atoms with E-state index in [1.807, 2.05) is 30.9 Å². The fourth-order valence-corrected chi connectivity index (χ4v) is 1.95. The molecule has 1 atom stereocenters. The van der Waals surface area contributed by atoms with Crippen molar-refractivity contribution >= 4 is 23.3 Å². The number of carboxylic acid groups (broad SMARTS) is 1. The first-order chi connectivity index (χ1) is 7.60. The van der Waals surface area contributed by atoms with E-state index in [1.54, 1.807) is 12.1 Å². The molecule has 1 rings (SSSR count). The second-order valence-corrected chi connectivity index (χ2v) is 3.96. The number of anilines is 1. The van der Waals surface area contributed by atoms with Gasteiger partial charge in [0.15, 0.2) is 0 Å². The maximum Gasteiger partial charge on any atom is 0.326 e. The summed E-state index contributed by atoms with van der Waals surface area (Å²) in [6, 6.07) is 6.77. The van der Waals surface area contributed by atoms with Gasteiger partial charge < -0.3 is 10.0 Å². The first-order valence-corrected chi connectivity index (χ1v) is 5.73. The number of carbonyl (C=O) groups is 1. The zero-order chi connectivity index (χ0) is 12.1. The third kappa shape index (κ3) is 2.89. The minimum absolute atomic E-state index is 0.497. The average Bonchev–Trinajstić information content (AvgIpc) is 2.25. The largest absolute Gasteiger partial charge is 0.480 e. The molecule has 0 amide bonds. The summed E-state index contributed by atoms with van der Waals surface area (Å²) in [5.41, 5.74) is 0.851. The van der Waals surface area contributed by atoms with Crippen LogP contribution < -0.4 is 4.90 Å². The van der Waals surface area contributed by atoms with Gasteiger partial charge in [0.1, 0.15) is 6.04 Å². The molecule has 0 aliphatic rings. The van der Waals surface area contributed by atoms with Crippen LogP contribution in [-0.2, 0) is 4.79 Å². The van der Waals surface area contributed by atoms with Gasteiger partial charge in [0.05, 0.1) is 0 Å². The van der Waals surface area contributed by atoms with Crippen LogP contribution in [0.15, 0.2) is 24.3 Å². The molecule has 3 nitrogen and oxygen atoms in total. The highest BCUT2D eigenvalue weighted by Gasteiger charge is 2.22. The Kier molecular flexibility index (Phi) is 4.62. The van der Waals surface area contributed by atoms with Gasteiger partial charge in [0.25, 0.3) is 0 Å². The molecule has 0 saturated carbocycles. The maximum absolute atomic E-state index is 11.1. The fourth-order valence-electron chi connectivity index (χ4n) is 1.77. The molecule has 0 radical (unpaired) electrons. The topological polar surface area (TPSA) is 40.5 Å². The van der Waals surface area contributed by atoms with Gasteiger partial charge in [0, 0.05) is 17.3 Å². The third-order valence-corrected chi connectivity index (χ3v) is 2.76. The number of halogens is 1. The third-order valence-electron chi connectivity index (χ3n) is 2.53. The van der Waals surface area contributed by atoms with E-state index in [0.717, 1.165) is 5.69 Å². The molecule has 1 unspecified atom stereocenters. The van der Waals surface area contributed by atoms with Gasteiger partial charge in [-0.05, 0) is 31.5 Å². The van der Waals surface area contributed by atoms with E-state index in [9.17, 15) is 4.79 Å². The van der Waals surface area contributed by atoms with E-state index < -0.39 is 12.0 Å². The molecule has 88 valence electrons. The highest BCUT2D eigenvalue weighted by molar-refractivity contribution is 6.30. The van der Waals surface area contributed by atoms with E-state index >= 15 is 0 Å². The summed E-state index contributed by atoms with van der Waals surface area (Å²) in [6.45, 7) is 4.45. The number of carboxylic acids is 1. The van der Waals surface area contributed by atoms with Crippen molar-refractivity contribution in [2.75, 3.05) is 11.4 Å². The number of benzene rings is 1. The van der Waals surface area contributed by atoms with Crippen molar-refractivity contribution in [2.45, 2.75) is 26.3 Å². The van der Waals surface area contributed by atoms with Gasteiger partial charge in [-0.2, -0.15) is 0 Å². The Labute approximate surface area is 101 Å². The molecule has 1 N–H and O–H groups in total. The van der Waals surface area contributed by atoms with Gasteiger partial charge in [0.2, 0.25) is 0 Å². The van der Waals surface area contributed by atoms with Crippen molar-refractivity contribution in [1.82, 2.24) is 0 Å². The Balaban J connectivity index is 3.01. The monoisotopic (exact) mass is 241 g/mol. The number of rotatable bonds is 5. The average molecular weight is 242 g/mol. The second kappa shape index (κ2) is 5.75. The summed E-state index contributed by atoms with van der Waals surface area (Å²) in [4.78, 5) is 13.0. The van der Waals surface area contributed by atoms with Gasteiger partial charge in [-0.15, -0.1) is 0 Å². The first kappa shape index (κ1) is 12.8. The molecule has 0 saturated heterocycles. The van der Waals surface area contributed by atoms with Crippen LogP contribution in [0.1, 0.15) is 20.3 Å². The standard InChI is InChI=1S/C12H16ClNO2/c1-3-11(12(15)16)14(4-2)10-7-5-6-9(13)8-10/h5-8,11H,3-4H2,1-2H3,(H,15,16). The van der Waals surface area contributed by atoms with Crippen molar-refractivity contribution in [1.29, 1.82) is 0 Å². The number of aliphatic carboxylic acids is 1. The van der Waals surface area contributed by atoms with Crippen molar-refractivity contribution in [3.05, 3.63) is 29.3 Å². The summed E-state index contributed by atoms with van der Waals surface area (Å²) in [5.74, 6) is -0.802. The predicted molar refractivity (Wildman–Crippen MR) is 66.2 cm³/mol. The lowest BCUT2D eigenvalue weighted by Crippen LogP contribution is -2.40. The summed E-state index contributed by atoms with van der Waals surface area (Å²) < 4.78 is 0. The molecule has 1 aromatic rings. The van der Waals surface area contributed by atoms with Crippen molar-refractivity contribution in [3.63, 3.8) is 0 Å². The highest BCUT2D eigenvalue weighted by Crippen LogP contribution is 2.22. The van der Waals surface area contributed by atoms with Crippen LogP contribution in [0.25, 0.3) is 0 Å². The Bertz CT molecular complexity index is 368. The summed E-state index contributed by atoms with van der Waals surface area (Å²) in [6.07, 6.45) is 0.565. The van der Waals surface area contributed by atoms with Crippen molar-refractivity contribution < 1.29 is 9.90 Å². The van der Waals surface area contributed by atoms with E-state index in [4.69, 9.17) is 16.7 Å². The van der Waals surface area contributed by atoms with Gasteiger partial charge in [-0.1, -0.05) is 24.6 Å². The molecule has 1 aromatic carbocycles. The number of nitrogens with zero attached hydrogens (tertiary/aromatic N) is 1. The van der Waals surface area contributed by atoms with E-state index in [-0.39, 0.29) is 0 Å². The molecule has 0 bridgehead atoms. The molecule has 0 aliphatic carbocycles. The van der Waals surface area contributed by atoms with E-state index in [2.05, 4.69) is 0 Å². The summed E-state index contributed by atoms with van der Waals surface area (Å²) in [7, 11) is 0. The molecular weight excluding hydrogens is 226 g/mol. The lowest BCUT2D eigenvalue weighted by atomic mass is 10.1.